The first-order valence-electron chi connectivity index (χ1n) is 5.49. The third kappa shape index (κ3) is 1.16. The highest BCUT2D eigenvalue weighted by Crippen LogP contribution is 2.24. The fourth-order valence-corrected chi connectivity index (χ4v) is 2.62. The summed E-state index contributed by atoms with van der Waals surface area (Å²) in [6.07, 6.45) is 7.50. The highest BCUT2D eigenvalue weighted by Gasteiger charge is 2.19. The summed E-state index contributed by atoms with van der Waals surface area (Å²) >= 11 is 0. The summed E-state index contributed by atoms with van der Waals surface area (Å²) in [4.78, 5) is 0. The molecule has 0 spiro atoms. The van der Waals surface area contributed by atoms with Gasteiger partial charge in [-0.2, -0.15) is 0 Å². The van der Waals surface area contributed by atoms with Crippen LogP contribution in [-0.2, 0) is 0 Å². The molecule has 1 unspecified atom stereocenters. The van der Waals surface area contributed by atoms with E-state index in [1.165, 1.54) is 36.1 Å². The number of hydrogen-bond donors (Lipinski definition) is 1. The zero-order valence-electron chi connectivity index (χ0n) is 8.29. The lowest BCUT2D eigenvalue weighted by Crippen LogP contribution is -2.43. The van der Waals surface area contributed by atoms with Gasteiger partial charge in [0.2, 0.25) is 0 Å². The normalized spacial score (nSPS) is 24.3. The van der Waals surface area contributed by atoms with Crippen LogP contribution in [0.25, 0.3) is 11.8 Å². The van der Waals surface area contributed by atoms with Gasteiger partial charge in [-0.25, -0.2) is 0 Å². The molecule has 0 radical (unpaired) electrons. The molecule has 1 atom stereocenters. The second-order valence-corrected chi connectivity index (χ2v) is 4.22. The van der Waals surface area contributed by atoms with Crippen LogP contribution < -0.4 is 15.8 Å². The van der Waals surface area contributed by atoms with Crippen LogP contribution in [0.2, 0.25) is 0 Å². The Balaban J connectivity index is 2.27. The molecule has 0 aromatic heterocycles. The molecule has 1 aliphatic carbocycles. The molecule has 3 rings (SSSR count). The van der Waals surface area contributed by atoms with E-state index < -0.39 is 0 Å². The van der Waals surface area contributed by atoms with Gasteiger partial charge >= 0.3 is 0 Å². The quantitative estimate of drug-likeness (QED) is 0.638. The number of hydrogen-bond acceptors (Lipinski definition) is 1. The van der Waals surface area contributed by atoms with E-state index in [9.17, 15) is 0 Å². The van der Waals surface area contributed by atoms with Crippen molar-refractivity contribution in [3.63, 3.8) is 0 Å². The first-order chi connectivity index (χ1) is 6.95. The molecule has 1 aromatic carbocycles. The van der Waals surface area contributed by atoms with Crippen molar-refractivity contribution in [3.05, 3.63) is 34.7 Å². The smallest absolute Gasteiger partial charge is 0.0477 e. The van der Waals surface area contributed by atoms with E-state index in [-0.39, 0.29) is 0 Å². The fraction of sp³-hybridized carbons (Fsp3) is 0.385. The lowest BCUT2D eigenvalue weighted by molar-refractivity contribution is 0.544. The summed E-state index contributed by atoms with van der Waals surface area (Å²) < 4.78 is 0. The van der Waals surface area contributed by atoms with Crippen molar-refractivity contribution >= 4 is 11.8 Å². The summed E-state index contributed by atoms with van der Waals surface area (Å²) in [6.45, 7) is 0. The SMILES string of the molecule is C1=c2ccccc2=C2CCCCC2N1. The van der Waals surface area contributed by atoms with Gasteiger partial charge in [0.05, 0.1) is 0 Å². The standard InChI is InChI=1S/C13H15N/c1-2-6-11-10(5-1)9-14-13-8-4-3-7-12(11)13/h1-2,5-6,9,13-14H,3-4,7-8H2. The predicted octanol–water partition coefficient (Wildman–Crippen LogP) is 1.12. The van der Waals surface area contributed by atoms with Crippen molar-refractivity contribution < 1.29 is 0 Å². The topological polar surface area (TPSA) is 12.0 Å². The minimum absolute atomic E-state index is 0.624. The monoisotopic (exact) mass is 185 g/mol. The number of fused-ring (bicyclic) bond motifs is 2. The Labute approximate surface area is 84.1 Å². The zero-order chi connectivity index (χ0) is 9.38. The first kappa shape index (κ1) is 8.10. The van der Waals surface area contributed by atoms with Gasteiger partial charge in [0.1, 0.15) is 0 Å². The molecule has 14 heavy (non-hydrogen) atoms. The largest absolute Gasteiger partial charge is 0.384 e. The van der Waals surface area contributed by atoms with Crippen LogP contribution in [-0.4, -0.2) is 6.04 Å². The molecule has 1 nitrogen and oxygen atoms in total. The van der Waals surface area contributed by atoms with E-state index in [4.69, 9.17) is 0 Å². The maximum Gasteiger partial charge on any atom is 0.0477 e. The lowest BCUT2D eigenvalue weighted by Gasteiger charge is -2.28. The van der Waals surface area contributed by atoms with E-state index in [1.54, 1.807) is 5.57 Å². The maximum absolute atomic E-state index is 3.52. The summed E-state index contributed by atoms with van der Waals surface area (Å²) in [5, 5.41) is 6.36. The lowest BCUT2D eigenvalue weighted by atomic mass is 9.87. The van der Waals surface area contributed by atoms with Crippen LogP contribution in [0.3, 0.4) is 0 Å². The second kappa shape index (κ2) is 3.16. The van der Waals surface area contributed by atoms with Gasteiger partial charge in [-0.15, -0.1) is 0 Å². The van der Waals surface area contributed by atoms with Crippen LogP contribution >= 0.6 is 0 Å². The number of benzene rings is 1. The molecule has 0 amide bonds. The molecule has 0 saturated heterocycles. The second-order valence-electron chi connectivity index (χ2n) is 4.22. The average Bonchev–Trinajstić information content (AvgIpc) is 2.29. The molecule has 0 bridgehead atoms. The van der Waals surface area contributed by atoms with Crippen LogP contribution in [0.15, 0.2) is 24.3 Å². The molecule has 1 aromatic rings. The van der Waals surface area contributed by atoms with E-state index >= 15 is 0 Å². The van der Waals surface area contributed by atoms with Crippen molar-refractivity contribution in [3.8, 4) is 0 Å². The third-order valence-corrected chi connectivity index (χ3v) is 3.36. The van der Waals surface area contributed by atoms with Gasteiger partial charge in [-0.1, -0.05) is 30.7 Å². The van der Waals surface area contributed by atoms with E-state index in [1.807, 2.05) is 0 Å². The van der Waals surface area contributed by atoms with Crippen LogP contribution in [0.4, 0.5) is 0 Å². The van der Waals surface area contributed by atoms with Gasteiger partial charge in [0.25, 0.3) is 0 Å². The molecule has 1 N–H and O–H groups in total. The third-order valence-electron chi connectivity index (χ3n) is 3.36. The van der Waals surface area contributed by atoms with Crippen molar-refractivity contribution in [1.82, 2.24) is 5.32 Å². The Kier molecular flexibility index (Phi) is 1.83. The van der Waals surface area contributed by atoms with Crippen LogP contribution in [0.5, 0.6) is 0 Å². The van der Waals surface area contributed by atoms with E-state index in [2.05, 4.69) is 35.8 Å². The molecule has 1 heterocycles. The molecule has 1 heteroatoms. The molecule has 2 aliphatic rings. The molecule has 1 fully saturated rings. The summed E-state index contributed by atoms with van der Waals surface area (Å²) in [7, 11) is 0. The van der Waals surface area contributed by atoms with Crippen molar-refractivity contribution in [2.45, 2.75) is 31.7 Å². The van der Waals surface area contributed by atoms with Gasteiger partial charge in [-0.3, -0.25) is 0 Å². The Bertz CT molecular complexity index is 458. The summed E-state index contributed by atoms with van der Waals surface area (Å²) in [6, 6.07) is 9.34. The Morgan fingerprint density at radius 2 is 2.07 bits per heavy atom. The average molecular weight is 185 g/mol. The molecule has 1 saturated carbocycles. The van der Waals surface area contributed by atoms with E-state index in [0.29, 0.717) is 6.04 Å². The highest BCUT2D eigenvalue weighted by atomic mass is 14.9. The fourth-order valence-electron chi connectivity index (χ4n) is 2.62. The minimum atomic E-state index is 0.624. The number of nitrogens with one attached hydrogen (secondary N) is 1. The predicted molar refractivity (Wildman–Crippen MR) is 59.0 cm³/mol. The molecule has 1 aliphatic heterocycles. The molecule has 72 valence electrons. The van der Waals surface area contributed by atoms with Crippen molar-refractivity contribution in [1.29, 1.82) is 0 Å². The molecular formula is C13H15N. The van der Waals surface area contributed by atoms with Crippen molar-refractivity contribution in [2.24, 2.45) is 0 Å². The van der Waals surface area contributed by atoms with Gasteiger partial charge in [0, 0.05) is 12.2 Å². The van der Waals surface area contributed by atoms with Gasteiger partial charge in [-0.05, 0) is 35.3 Å². The summed E-state index contributed by atoms with van der Waals surface area (Å²) in [5.41, 5.74) is 1.63. The Morgan fingerprint density at radius 3 is 3.07 bits per heavy atom. The Hall–Kier alpha value is -1.24. The highest BCUT2D eigenvalue weighted by molar-refractivity contribution is 5.56. The van der Waals surface area contributed by atoms with Gasteiger partial charge in [0.15, 0.2) is 0 Å². The summed E-state index contributed by atoms with van der Waals surface area (Å²) in [5.74, 6) is 0. The zero-order valence-corrected chi connectivity index (χ0v) is 8.29. The first-order valence-corrected chi connectivity index (χ1v) is 5.49. The minimum Gasteiger partial charge on any atom is -0.384 e. The van der Waals surface area contributed by atoms with Gasteiger partial charge < -0.3 is 5.32 Å². The number of rotatable bonds is 0. The maximum atomic E-state index is 3.52. The van der Waals surface area contributed by atoms with Crippen molar-refractivity contribution in [2.75, 3.05) is 0 Å². The molecular weight excluding hydrogens is 170 g/mol. The van der Waals surface area contributed by atoms with E-state index in [0.717, 1.165) is 0 Å². The van der Waals surface area contributed by atoms with Crippen LogP contribution in [0.1, 0.15) is 25.7 Å². The Morgan fingerprint density at radius 1 is 1.14 bits per heavy atom. The van der Waals surface area contributed by atoms with Crippen LogP contribution in [0, 0.1) is 0 Å².